The van der Waals surface area contributed by atoms with E-state index in [0.29, 0.717) is 5.56 Å². The van der Waals surface area contributed by atoms with E-state index in [2.05, 4.69) is 23.5 Å². The molecular formula is C22H17N3O. The smallest absolute Gasteiger partial charge is 0.253 e. The molecule has 0 spiro atoms. The Morgan fingerprint density at radius 2 is 1.88 bits per heavy atom. The van der Waals surface area contributed by atoms with E-state index in [4.69, 9.17) is 10.2 Å². The maximum Gasteiger partial charge on any atom is 0.253 e. The topological polar surface area (TPSA) is 65.8 Å². The van der Waals surface area contributed by atoms with E-state index < -0.39 is 0 Å². The van der Waals surface area contributed by atoms with Gasteiger partial charge in [-0.2, -0.15) is 5.26 Å². The van der Waals surface area contributed by atoms with Crippen molar-refractivity contribution in [2.75, 3.05) is 6.54 Å². The third kappa shape index (κ3) is 2.84. The summed E-state index contributed by atoms with van der Waals surface area (Å²) in [4.78, 5) is 17.6. The van der Waals surface area contributed by atoms with Gasteiger partial charge in [-0.25, -0.2) is 4.98 Å². The first-order valence-corrected chi connectivity index (χ1v) is 8.60. The highest BCUT2D eigenvalue weighted by molar-refractivity contribution is 6.09. The van der Waals surface area contributed by atoms with Gasteiger partial charge in [-0.15, -0.1) is 0 Å². The lowest BCUT2D eigenvalue weighted by atomic mass is 10.00. The standard InChI is InChI=1S/C22H17N3O/c23-12-13-24-22(26)20-17-8-4-5-9-19(17)25-21-16(10-11-18(20)21)14-15-6-2-1-3-7-15/h1-9,14H,10-11,13H2,(H,24,26)/b16-14-. The van der Waals surface area contributed by atoms with Gasteiger partial charge in [0, 0.05) is 5.39 Å². The molecule has 0 aliphatic heterocycles. The van der Waals surface area contributed by atoms with E-state index in [9.17, 15) is 4.79 Å². The van der Waals surface area contributed by atoms with Gasteiger partial charge in [0.25, 0.3) is 5.91 Å². The molecule has 4 heteroatoms. The quantitative estimate of drug-likeness (QED) is 0.734. The molecule has 1 N–H and O–H groups in total. The molecule has 0 saturated heterocycles. The van der Waals surface area contributed by atoms with Crippen LogP contribution in [0, 0.1) is 11.3 Å². The molecule has 0 radical (unpaired) electrons. The Hall–Kier alpha value is -3.45. The van der Waals surface area contributed by atoms with Crippen molar-refractivity contribution in [3.63, 3.8) is 0 Å². The molecule has 126 valence electrons. The second kappa shape index (κ2) is 6.81. The van der Waals surface area contributed by atoms with Crippen LogP contribution < -0.4 is 5.32 Å². The molecule has 0 atom stereocenters. The molecule has 0 fully saturated rings. The molecule has 4 rings (SSSR count). The number of aromatic nitrogens is 1. The number of hydrogen-bond acceptors (Lipinski definition) is 3. The summed E-state index contributed by atoms with van der Waals surface area (Å²) in [5, 5.41) is 12.3. The van der Waals surface area contributed by atoms with Crippen LogP contribution in [0.25, 0.3) is 22.6 Å². The van der Waals surface area contributed by atoms with Crippen LogP contribution in [-0.4, -0.2) is 17.4 Å². The number of allylic oxidation sites excluding steroid dienone is 1. The van der Waals surface area contributed by atoms with Crippen LogP contribution in [0.1, 0.15) is 33.6 Å². The molecule has 4 nitrogen and oxygen atoms in total. The summed E-state index contributed by atoms with van der Waals surface area (Å²) >= 11 is 0. The summed E-state index contributed by atoms with van der Waals surface area (Å²) < 4.78 is 0. The predicted molar refractivity (Wildman–Crippen MR) is 102 cm³/mol. The highest BCUT2D eigenvalue weighted by Gasteiger charge is 2.26. The van der Waals surface area contributed by atoms with Crippen molar-refractivity contribution in [3.05, 3.63) is 77.0 Å². The van der Waals surface area contributed by atoms with E-state index in [1.165, 1.54) is 0 Å². The highest BCUT2D eigenvalue weighted by atomic mass is 16.1. The van der Waals surface area contributed by atoms with E-state index in [1.807, 2.05) is 48.5 Å². The van der Waals surface area contributed by atoms with Crippen molar-refractivity contribution in [2.45, 2.75) is 12.8 Å². The van der Waals surface area contributed by atoms with Crippen LogP contribution in [0.3, 0.4) is 0 Å². The molecule has 1 amide bonds. The normalized spacial score (nSPS) is 14.2. The lowest BCUT2D eigenvalue weighted by molar-refractivity contribution is 0.0959. The SMILES string of the molecule is N#CCNC(=O)c1c2c(nc3ccccc13)/C(=C\c1ccccc1)CC2. The Morgan fingerprint density at radius 3 is 2.69 bits per heavy atom. The number of carbonyl (C=O) groups is 1. The van der Waals surface area contributed by atoms with Gasteiger partial charge < -0.3 is 5.32 Å². The van der Waals surface area contributed by atoms with Gasteiger partial charge in [0.1, 0.15) is 6.54 Å². The Balaban J connectivity index is 1.89. The zero-order chi connectivity index (χ0) is 17.9. The minimum Gasteiger partial charge on any atom is -0.339 e. The number of para-hydroxylation sites is 1. The summed E-state index contributed by atoms with van der Waals surface area (Å²) in [5.74, 6) is -0.206. The fourth-order valence-corrected chi connectivity index (χ4v) is 3.50. The number of fused-ring (bicyclic) bond motifs is 2. The molecule has 1 aliphatic carbocycles. The molecule has 26 heavy (non-hydrogen) atoms. The third-order valence-electron chi connectivity index (χ3n) is 4.64. The molecule has 3 aromatic rings. The summed E-state index contributed by atoms with van der Waals surface area (Å²) in [6, 6.07) is 19.8. The number of benzene rings is 2. The number of nitriles is 1. The van der Waals surface area contributed by atoms with Gasteiger partial charge in [-0.05, 0) is 41.7 Å². The van der Waals surface area contributed by atoms with Gasteiger partial charge in [-0.1, -0.05) is 48.5 Å². The molecule has 1 heterocycles. The van der Waals surface area contributed by atoms with Crippen LogP contribution >= 0.6 is 0 Å². The number of rotatable bonds is 3. The molecule has 1 aliphatic rings. The fraction of sp³-hybridized carbons (Fsp3) is 0.136. The van der Waals surface area contributed by atoms with Gasteiger partial charge in [-0.3, -0.25) is 4.79 Å². The maximum absolute atomic E-state index is 12.7. The lowest BCUT2D eigenvalue weighted by Crippen LogP contribution is -2.25. The average Bonchev–Trinajstić information content (AvgIpc) is 3.07. The van der Waals surface area contributed by atoms with Gasteiger partial charge in [0.05, 0.1) is 22.8 Å². The van der Waals surface area contributed by atoms with Crippen molar-refractivity contribution < 1.29 is 4.79 Å². The largest absolute Gasteiger partial charge is 0.339 e. The van der Waals surface area contributed by atoms with Crippen LogP contribution in [0.4, 0.5) is 0 Å². The Kier molecular flexibility index (Phi) is 4.20. The number of carbonyl (C=O) groups excluding carboxylic acids is 1. The zero-order valence-electron chi connectivity index (χ0n) is 14.2. The molecular weight excluding hydrogens is 322 g/mol. The second-order valence-electron chi connectivity index (χ2n) is 6.25. The van der Waals surface area contributed by atoms with Crippen molar-refractivity contribution in [1.82, 2.24) is 10.3 Å². The van der Waals surface area contributed by atoms with Crippen molar-refractivity contribution in [1.29, 1.82) is 5.26 Å². The number of pyridine rings is 1. The summed E-state index contributed by atoms with van der Waals surface area (Å²) in [5.41, 5.74) is 5.59. The first-order chi connectivity index (χ1) is 12.8. The van der Waals surface area contributed by atoms with Crippen LogP contribution in [-0.2, 0) is 6.42 Å². The van der Waals surface area contributed by atoms with E-state index in [-0.39, 0.29) is 12.5 Å². The minimum absolute atomic E-state index is 0.00301. The summed E-state index contributed by atoms with van der Waals surface area (Å²) in [7, 11) is 0. The number of nitrogens with zero attached hydrogens (tertiary/aromatic N) is 2. The fourth-order valence-electron chi connectivity index (χ4n) is 3.50. The zero-order valence-corrected chi connectivity index (χ0v) is 14.2. The second-order valence-corrected chi connectivity index (χ2v) is 6.25. The number of nitrogens with one attached hydrogen (secondary N) is 1. The van der Waals surface area contributed by atoms with Crippen LogP contribution in [0.15, 0.2) is 54.6 Å². The van der Waals surface area contributed by atoms with Crippen LogP contribution in [0.5, 0.6) is 0 Å². The average molecular weight is 339 g/mol. The predicted octanol–water partition coefficient (Wildman–Crippen LogP) is 3.97. The third-order valence-corrected chi connectivity index (χ3v) is 4.64. The maximum atomic E-state index is 12.7. The van der Waals surface area contributed by atoms with E-state index >= 15 is 0 Å². The van der Waals surface area contributed by atoms with E-state index in [0.717, 1.165) is 46.1 Å². The van der Waals surface area contributed by atoms with Gasteiger partial charge >= 0.3 is 0 Å². The molecule has 2 aromatic carbocycles. The lowest BCUT2D eigenvalue weighted by Gasteiger charge is -2.12. The van der Waals surface area contributed by atoms with Crippen molar-refractivity contribution >= 4 is 28.5 Å². The number of hydrogen-bond donors (Lipinski definition) is 1. The Bertz CT molecular complexity index is 1060. The summed E-state index contributed by atoms with van der Waals surface area (Å²) in [6.45, 7) is -0.00301. The first kappa shape index (κ1) is 16.0. The van der Waals surface area contributed by atoms with Gasteiger partial charge in [0.2, 0.25) is 0 Å². The van der Waals surface area contributed by atoms with Crippen LogP contribution in [0.2, 0.25) is 0 Å². The van der Waals surface area contributed by atoms with Gasteiger partial charge in [0.15, 0.2) is 0 Å². The molecule has 1 aromatic heterocycles. The number of amides is 1. The van der Waals surface area contributed by atoms with Crippen molar-refractivity contribution in [3.8, 4) is 6.07 Å². The first-order valence-electron chi connectivity index (χ1n) is 8.60. The molecule has 0 saturated carbocycles. The highest BCUT2D eigenvalue weighted by Crippen LogP contribution is 2.37. The Labute approximate surface area is 151 Å². The van der Waals surface area contributed by atoms with Crippen molar-refractivity contribution in [2.24, 2.45) is 0 Å². The Morgan fingerprint density at radius 1 is 1.12 bits per heavy atom. The summed E-state index contributed by atoms with van der Waals surface area (Å²) in [6.07, 6.45) is 3.78. The minimum atomic E-state index is -0.206. The molecule has 0 bridgehead atoms. The monoisotopic (exact) mass is 339 g/mol. The van der Waals surface area contributed by atoms with E-state index in [1.54, 1.807) is 0 Å². The molecule has 0 unspecified atom stereocenters.